The SMILES string of the molecule is CN=C(NCCc1ccccc1F)NCc1nc(-c2ccc(Cl)cc2)no1.I. The summed E-state index contributed by atoms with van der Waals surface area (Å²) in [6.07, 6.45) is 0.550. The summed E-state index contributed by atoms with van der Waals surface area (Å²) in [6.45, 7) is 0.862. The number of hydrogen-bond donors (Lipinski definition) is 2. The highest BCUT2D eigenvalue weighted by Crippen LogP contribution is 2.18. The molecule has 2 aromatic carbocycles. The number of nitrogens with zero attached hydrogens (tertiary/aromatic N) is 3. The lowest BCUT2D eigenvalue weighted by atomic mass is 10.1. The second-order valence-corrected chi connectivity index (χ2v) is 6.15. The molecule has 28 heavy (non-hydrogen) atoms. The van der Waals surface area contributed by atoms with Gasteiger partial charge in [-0.2, -0.15) is 4.98 Å². The quantitative estimate of drug-likeness (QED) is 0.294. The average molecular weight is 516 g/mol. The fraction of sp³-hybridized carbons (Fsp3) is 0.211. The first-order chi connectivity index (χ1) is 13.2. The third-order valence-corrected chi connectivity index (χ3v) is 4.10. The van der Waals surface area contributed by atoms with Gasteiger partial charge in [-0.15, -0.1) is 24.0 Å². The van der Waals surface area contributed by atoms with Crippen molar-refractivity contribution in [1.82, 2.24) is 20.8 Å². The number of aliphatic imine (C=N–C) groups is 1. The maximum atomic E-state index is 13.6. The number of halogens is 3. The first-order valence-electron chi connectivity index (χ1n) is 8.42. The molecule has 6 nitrogen and oxygen atoms in total. The molecule has 0 saturated heterocycles. The third kappa shape index (κ3) is 6.16. The standard InChI is InChI=1S/C19H19ClFN5O.HI/c1-22-19(23-11-10-13-4-2-3-5-16(13)21)24-12-17-25-18(26-27-17)14-6-8-15(20)9-7-14;/h2-9H,10-12H2,1H3,(H2,22,23,24);1H. The lowest BCUT2D eigenvalue weighted by molar-refractivity contribution is 0.375. The van der Waals surface area contributed by atoms with E-state index in [1.165, 1.54) is 6.07 Å². The van der Waals surface area contributed by atoms with Gasteiger partial charge in [0.15, 0.2) is 5.96 Å². The molecule has 148 valence electrons. The van der Waals surface area contributed by atoms with Gasteiger partial charge in [0.05, 0.1) is 6.54 Å². The van der Waals surface area contributed by atoms with Crippen LogP contribution < -0.4 is 10.6 Å². The second kappa shape index (κ2) is 11.0. The monoisotopic (exact) mass is 515 g/mol. The van der Waals surface area contributed by atoms with Crippen LogP contribution in [-0.4, -0.2) is 29.7 Å². The van der Waals surface area contributed by atoms with Crippen molar-refractivity contribution in [1.29, 1.82) is 0 Å². The molecule has 0 bridgehead atoms. The molecule has 0 spiro atoms. The van der Waals surface area contributed by atoms with Gasteiger partial charge >= 0.3 is 0 Å². The van der Waals surface area contributed by atoms with Gasteiger partial charge in [-0.1, -0.05) is 35.0 Å². The predicted octanol–water partition coefficient (Wildman–Crippen LogP) is 4.05. The van der Waals surface area contributed by atoms with Crippen LogP contribution in [-0.2, 0) is 13.0 Å². The van der Waals surface area contributed by atoms with Gasteiger partial charge in [0.2, 0.25) is 11.7 Å². The molecule has 0 radical (unpaired) electrons. The molecule has 0 aliphatic rings. The number of rotatable bonds is 6. The molecule has 1 aromatic heterocycles. The summed E-state index contributed by atoms with van der Waals surface area (Å²) >= 11 is 5.88. The van der Waals surface area contributed by atoms with Gasteiger partial charge in [0, 0.05) is 24.2 Å². The van der Waals surface area contributed by atoms with Gasteiger partial charge in [-0.3, -0.25) is 4.99 Å². The van der Waals surface area contributed by atoms with Gasteiger partial charge in [-0.25, -0.2) is 4.39 Å². The van der Waals surface area contributed by atoms with Crippen LogP contribution >= 0.6 is 35.6 Å². The molecule has 2 N–H and O–H groups in total. The number of nitrogens with one attached hydrogen (secondary N) is 2. The summed E-state index contributed by atoms with van der Waals surface area (Å²) < 4.78 is 18.9. The fourth-order valence-electron chi connectivity index (χ4n) is 2.44. The van der Waals surface area contributed by atoms with Crippen molar-refractivity contribution in [2.24, 2.45) is 4.99 Å². The van der Waals surface area contributed by atoms with Gasteiger partial charge in [0.1, 0.15) is 5.82 Å². The summed E-state index contributed by atoms with van der Waals surface area (Å²) in [5.74, 6) is 1.28. The first-order valence-corrected chi connectivity index (χ1v) is 8.80. The van der Waals surface area contributed by atoms with Crippen LogP contribution in [0.4, 0.5) is 4.39 Å². The number of aromatic nitrogens is 2. The van der Waals surface area contributed by atoms with Gasteiger partial charge < -0.3 is 15.2 Å². The molecule has 0 unspecified atom stereocenters. The summed E-state index contributed by atoms with van der Waals surface area (Å²) in [5.41, 5.74) is 1.48. The minimum Gasteiger partial charge on any atom is -0.356 e. The van der Waals surface area contributed by atoms with E-state index in [1.807, 2.05) is 18.2 Å². The molecule has 0 atom stereocenters. The average Bonchev–Trinajstić information content (AvgIpc) is 3.15. The Morgan fingerprint density at radius 2 is 1.89 bits per heavy atom. The Balaban J connectivity index is 0.00000280. The summed E-state index contributed by atoms with van der Waals surface area (Å²) in [6, 6.07) is 13.9. The Kier molecular flexibility index (Phi) is 8.65. The minimum absolute atomic E-state index is 0. The highest BCUT2D eigenvalue weighted by molar-refractivity contribution is 14.0. The molecule has 0 aliphatic heterocycles. The van der Waals surface area contributed by atoms with Gasteiger partial charge in [0.25, 0.3) is 0 Å². The van der Waals surface area contributed by atoms with Crippen LogP contribution in [0.25, 0.3) is 11.4 Å². The van der Waals surface area contributed by atoms with Crippen molar-refractivity contribution in [2.75, 3.05) is 13.6 Å². The van der Waals surface area contributed by atoms with Crippen molar-refractivity contribution in [3.8, 4) is 11.4 Å². The van der Waals surface area contributed by atoms with E-state index in [2.05, 4.69) is 25.8 Å². The third-order valence-electron chi connectivity index (χ3n) is 3.85. The lowest BCUT2D eigenvalue weighted by Gasteiger charge is -2.10. The molecule has 0 amide bonds. The summed E-state index contributed by atoms with van der Waals surface area (Å²) in [7, 11) is 1.66. The molecule has 9 heteroatoms. The number of guanidine groups is 1. The zero-order chi connectivity index (χ0) is 19.1. The van der Waals surface area contributed by atoms with Crippen LogP contribution in [0.1, 0.15) is 11.5 Å². The first kappa shape index (κ1) is 22.1. The Morgan fingerprint density at radius 1 is 1.14 bits per heavy atom. The molecular weight excluding hydrogens is 496 g/mol. The van der Waals surface area contributed by atoms with Crippen molar-refractivity contribution < 1.29 is 8.91 Å². The fourth-order valence-corrected chi connectivity index (χ4v) is 2.57. The second-order valence-electron chi connectivity index (χ2n) is 5.71. The summed E-state index contributed by atoms with van der Waals surface area (Å²) in [4.78, 5) is 8.47. The normalized spacial score (nSPS) is 11.0. The predicted molar refractivity (Wildman–Crippen MR) is 118 cm³/mol. The Hall–Kier alpha value is -2.20. The van der Waals surface area contributed by atoms with Crippen molar-refractivity contribution in [3.05, 3.63) is 70.8 Å². The van der Waals surface area contributed by atoms with Crippen molar-refractivity contribution >= 4 is 41.5 Å². The molecule has 3 rings (SSSR count). The Morgan fingerprint density at radius 3 is 2.61 bits per heavy atom. The smallest absolute Gasteiger partial charge is 0.246 e. The molecule has 1 heterocycles. The Bertz CT molecular complexity index is 917. The van der Waals surface area contributed by atoms with E-state index >= 15 is 0 Å². The van der Waals surface area contributed by atoms with Crippen LogP contribution in [0.15, 0.2) is 58.0 Å². The largest absolute Gasteiger partial charge is 0.356 e. The highest BCUT2D eigenvalue weighted by atomic mass is 127. The highest BCUT2D eigenvalue weighted by Gasteiger charge is 2.09. The zero-order valence-corrected chi connectivity index (χ0v) is 18.2. The zero-order valence-electron chi connectivity index (χ0n) is 15.2. The molecule has 3 aromatic rings. The molecule has 0 fully saturated rings. The van der Waals surface area contributed by atoms with Crippen LogP contribution in [0.5, 0.6) is 0 Å². The van der Waals surface area contributed by atoms with E-state index in [1.54, 1.807) is 31.3 Å². The molecule has 0 aliphatic carbocycles. The topological polar surface area (TPSA) is 75.3 Å². The Labute approximate surface area is 184 Å². The van der Waals surface area contributed by atoms with E-state index in [0.717, 1.165) is 5.56 Å². The minimum atomic E-state index is -0.206. The van der Waals surface area contributed by atoms with E-state index in [0.29, 0.717) is 47.8 Å². The maximum Gasteiger partial charge on any atom is 0.246 e. The number of hydrogen-bond acceptors (Lipinski definition) is 4. The summed E-state index contributed by atoms with van der Waals surface area (Å²) in [5, 5.41) is 10.8. The maximum absolute atomic E-state index is 13.6. The van der Waals surface area contributed by atoms with E-state index < -0.39 is 0 Å². The lowest BCUT2D eigenvalue weighted by Crippen LogP contribution is -2.38. The van der Waals surface area contributed by atoms with Crippen molar-refractivity contribution in [2.45, 2.75) is 13.0 Å². The molecular formula is C19H20ClFIN5O. The van der Waals surface area contributed by atoms with Crippen LogP contribution in [0.2, 0.25) is 5.02 Å². The van der Waals surface area contributed by atoms with E-state index in [9.17, 15) is 4.39 Å². The van der Waals surface area contributed by atoms with E-state index in [-0.39, 0.29) is 29.8 Å². The molecule has 0 saturated carbocycles. The van der Waals surface area contributed by atoms with Crippen LogP contribution in [0, 0.1) is 5.82 Å². The van der Waals surface area contributed by atoms with Gasteiger partial charge in [-0.05, 0) is 42.3 Å². The van der Waals surface area contributed by atoms with Crippen molar-refractivity contribution in [3.63, 3.8) is 0 Å². The number of benzene rings is 2. The van der Waals surface area contributed by atoms with E-state index in [4.69, 9.17) is 16.1 Å². The van der Waals surface area contributed by atoms with Crippen LogP contribution in [0.3, 0.4) is 0 Å².